The van der Waals surface area contributed by atoms with Crippen LogP contribution in [0.5, 0.6) is 0 Å². The standard InChI is InChI=1S/C26H48N2O6/c1-4-5-6-7-8-9-10-11-12-13-14-15-16-17-22(29)28-24(20(2)3)25(32)27-21(26(33)34)18-19-23(30)31/h20-21,24H,4-19H2,1-3H3,(H,27,32)(H,28,29)(H,30,31)(H,33,34)/t21-,24-/m1/s1. The molecule has 34 heavy (non-hydrogen) atoms. The highest BCUT2D eigenvalue weighted by atomic mass is 16.4. The number of carboxylic acids is 2. The highest BCUT2D eigenvalue weighted by molar-refractivity contribution is 5.90. The van der Waals surface area contributed by atoms with E-state index < -0.39 is 29.9 Å². The smallest absolute Gasteiger partial charge is 0.326 e. The molecule has 4 N–H and O–H groups in total. The van der Waals surface area contributed by atoms with Gasteiger partial charge in [-0.05, 0) is 18.8 Å². The molecule has 2 amide bonds. The third-order valence-electron chi connectivity index (χ3n) is 6.03. The molecule has 0 aromatic carbocycles. The molecular formula is C26H48N2O6. The van der Waals surface area contributed by atoms with E-state index in [9.17, 15) is 24.3 Å². The zero-order valence-corrected chi connectivity index (χ0v) is 21.6. The van der Waals surface area contributed by atoms with Crippen molar-refractivity contribution in [2.75, 3.05) is 0 Å². The van der Waals surface area contributed by atoms with E-state index in [1.54, 1.807) is 13.8 Å². The number of carboxylic acid groups (broad SMARTS) is 2. The number of unbranched alkanes of at least 4 members (excludes halogenated alkanes) is 12. The average molecular weight is 485 g/mol. The summed E-state index contributed by atoms with van der Waals surface area (Å²) in [6.45, 7) is 5.77. The molecular weight excluding hydrogens is 436 g/mol. The van der Waals surface area contributed by atoms with Crippen LogP contribution in [0.2, 0.25) is 0 Å². The molecule has 0 saturated heterocycles. The lowest BCUT2D eigenvalue weighted by Crippen LogP contribution is -2.53. The van der Waals surface area contributed by atoms with Gasteiger partial charge in [-0.15, -0.1) is 0 Å². The molecule has 8 nitrogen and oxygen atoms in total. The average Bonchev–Trinajstić information content (AvgIpc) is 2.77. The molecule has 2 atom stereocenters. The van der Waals surface area contributed by atoms with Crippen molar-refractivity contribution in [1.29, 1.82) is 0 Å². The van der Waals surface area contributed by atoms with E-state index >= 15 is 0 Å². The van der Waals surface area contributed by atoms with Crippen molar-refractivity contribution in [2.45, 2.75) is 136 Å². The van der Waals surface area contributed by atoms with Crippen molar-refractivity contribution in [3.8, 4) is 0 Å². The lowest BCUT2D eigenvalue weighted by atomic mass is 10.0. The number of carbonyl (C=O) groups excluding carboxylic acids is 2. The van der Waals surface area contributed by atoms with Crippen LogP contribution in [0.3, 0.4) is 0 Å². The molecule has 8 heteroatoms. The van der Waals surface area contributed by atoms with Crippen molar-refractivity contribution in [3.63, 3.8) is 0 Å². The molecule has 198 valence electrons. The summed E-state index contributed by atoms with van der Waals surface area (Å²) in [5, 5.41) is 23.0. The molecule has 0 aliphatic heterocycles. The third kappa shape index (κ3) is 17.4. The van der Waals surface area contributed by atoms with Crippen molar-refractivity contribution in [2.24, 2.45) is 5.92 Å². The summed E-state index contributed by atoms with van der Waals surface area (Å²) in [5.41, 5.74) is 0. The molecule has 0 fully saturated rings. The number of nitrogens with one attached hydrogen (secondary N) is 2. The Morgan fingerprint density at radius 3 is 1.56 bits per heavy atom. The first-order valence-electron chi connectivity index (χ1n) is 13.2. The van der Waals surface area contributed by atoms with E-state index in [0.29, 0.717) is 6.42 Å². The normalized spacial score (nSPS) is 12.8. The second-order valence-corrected chi connectivity index (χ2v) is 9.61. The van der Waals surface area contributed by atoms with Gasteiger partial charge in [0.25, 0.3) is 0 Å². The van der Waals surface area contributed by atoms with Gasteiger partial charge in [0.15, 0.2) is 0 Å². The van der Waals surface area contributed by atoms with Crippen molar-refractivity contribution >= 4 is 23.8 Å². The fourth-order valence-electron chi connectivity index (χ4n) is 3.87. The summed E-state index contributed by atoms with van der Waals surface area (Å²) in [4.78, 5) is 46.9. The number of rotatable bonds is 22. The van der Waals surface area contributed by atoms with Crippen LogP contribution in [0.4, 0.5) is 0 Å². The first-order valence-corrected chi connectivity index (χ1v) is 13.2. The highest BCUT2D eigenvalue weighted by Crippen LogP contribution is 2.13. The van der Waals surface area contributed by atoms with E-state index in [1.165, 1.54) is 64.2 Å². The summed E-state index contributed by atoms with van der Waals surface area (Å²) in [6, 6.07) is -2.16. The fourth-order valence-corrected chi connectivity index (χ4v) is 3.87. The molecule has 0 radical (unpaired) electrons. The molecule has 0 unspecified atom stereocenters. The van der Waals surface area contributed by atoms with E-state index in [0.717, 1.165) is 19.3 Å². The highest BCUT2D eigenvalue weighted by Gasteiger charge is 2.28. The number of amides is 2. The molecule has 0 rings (SSSR count). The molecule has 0 spiro atoms. The van der Waals surface area contributed by atoms with E-state index in [1.807, 2.05) is 0 Å². The minimum Gasteiger partial charge on any atom is -0.481 e. The summed E-state index contributed by atoms with van der Waals surface area (Å²) < 4.78 is 0. The maximum absolute atomic E-state index is 12.5. The van der Waals surface area contributed by atoms with E-state index in [2.05, 4.69) is 17.6 Å². The second kappa shape index (κ2) is 20.3. The van der Waals surface area contributed by atoms with Crippen LogP contribution in [-0.2, 0) is 19.2 Å². The molecule has 0 saturated carbocycles. The Labute approximate surface area is 205 Å². The molecule has 0 aromatic heterocycles. The molecule has 0 heterocycles. The van der Waals surface area contributed by atoms with Gasteiger partial charge in [-0.2, -0.15) is 0 Å². The van der Waals surface area contributed by atoms with Gasteiger partial charge >= 0.3 is 11.9 Å². The Morgan fingerprint density at radius 2 is 1.15 bits per heavy atom. The monoisotopic (exact) mass is 484 g/mol. The summed E-state index contributed by atoms with van der Waals surface area (Å²) in [5.74, 6) is -3.49. The molecule has 0 bridgehead atoms. The van der Waals surface area contributed by atoms with Crippen LogP contribution in [0.15, 0.2) is 0 Å². The molecule has 0 aliphatic rings. The van der Waals surface area contributed by atoms with Crippen LogP contribution in [-0.4, -0.2) is 46.0 Å². The Balaban J connectivity index is 4.08. The number of hydrogen-bond acceptors (Lipinski definition) is 4. The van der Waals surface area contributed by atoms with Gasteiger partial charge in [0.1, 0.15) is 12.1 Å². The van der Waals surface area contributed by atoms with Gasteiger partial charge in [-0.1, -0.05) is 97.8 Å². The minimum absolute atomic E-state index is 0.214. The van der Waals surface area contributed by atoms with Gasteiger partial charge in [0.2, 0.25) is 11.8 Å². The zero-order chi connectivity index (χ0) is 25.8. The second-order valence-electron chi connectivity index (χ2n) is 9.61. The van der Waals surface area contributed by atoms with Crippen molar-refractivity contribution < 1.29 is 29.4 Å². The topological polar surface area (TPSA) is 133 Å². The Hall–Kier alpha value is -2.12. The number of aliphatic carboxylic acids is 2. The van der Waals surface area contributed by atoms with Gasteiger partial charge < -0.3 is 20.8 Å². The van der Waals surface area contributed by atoms with E-state index in [-0.39, 0.29) is 24.7 Å². The van der Waals surface area contributed by atoms with Gasteiger partial charge in [0, 0.05) is 12.8 Å². The maximum atomic E-state index is 12.5. The van der Waals surface area contributed by atoms with Crippen molar-refractivity contribution in [1.82, 2.24) is 10.6 Å². The van der Waals surface area contributed by atoms with Crippen LogP contribution in [0.25, 0.3) is 0 Å². The largest absolute Gasteiger partial charge is 0.481 e. The Kier molecular flexibility index (Phi) is 19.0. The molecule has 0 aromatic rings. The SMILES string of the molecule is CCCCCCCCCCCCCCCC(=O)N[C@@H](C(=O)N[C@H](CCC(=O)O)C(=O)O)C(C)C. The van der Waals surface area contributed by atoms with E-state index in [4.69, 9.17) is 5.11 Å². The Bertz CT molecular complexity index is 594. The Morgan fingerprint density at radius 1 is 0.676 bits per heavy atom. The van der Waals surface area contributed by atoms with Gasteiger partial charge in [0.05, 0.1) is 0 Å². The van der Waals surface area contributed by atoms with Crippen LogP contribution < -0.4 is 10.6 Å². The summed E-state index contributed by atoms with van der Waals surface area (Å²) in [7, 11) is 0. The van der Waals surface area contributed by atoms with Gasteiger partial charge in [-0.3, -0.25) is 14.4 Å². The first kappa shape index (κ1) is 31.9. The summed E-state index contributed by atoms with van der Waals surface area (Å²) >= 11 is 0. The van der Waals surface area contributed by atoms with Crippen LogP contribution in [0.1, 0.15) is 124 Å². The van der Waals surface area contributed by atoms with Crippen LogP contribution >= 0.6 is 0 Å². The molecule has 0 aliphatic carbocycles. The lowest BCUT2D eigenvalue weighted by molar-refractivity contribution is -0.143. The van der Waals surface area contributed by atoms with Crippen molar-refractivity contribution in [3.05, 3.63) is 0 Å². The predicted octanol–water partition coefficient (Wildman–Crippen LogP) is 5.04. The summed E-state index contributed by atoms with van der Waals surface area (Å²) in [6.07, 6.45) is 15.6. The minimum atomic E-state index is -1.30. The quantitative estimate of drug-likeness (QED) is 0.159. The zero-order valence-electron chi connectivity index (χ0n) is 21.6. The van der Waals surface area contributed by atoms with Gasteiger partial charge in [-0.25, -0.2) is 4.79 Å². The number of hydrogen-bond donors (Lipinski definition) is 4. The maximum Gasteiger partial charge on any atom is 0.326 e. The van der Waals surface area contributed by atoms with Crippen LogP contribution in [0, 0.1) is 5.92 Å². The predicted molar refractivity (Wildman–Crippen MR) is 134 cm³/mol. The third-order valence-corrected chi connectivity index (χ3v) is 6.03. The number of carbonyl (C=O) groups is 4. The lowest BCUT2D eigenvalue weighted by Gasteiger charge is -2.24. The first-order chi connectivity index (χ1) is 16.2. The fraction of sp³-hybridized carbons (Fsp3) is 0.846.